The molecule has 0 heterocycles. The van der Waals surface area contributed by atoms with Crippen LogP contribution in [0.2, 0.25) is 0 Å². The summed E-state index contributed by atoms with van der Waals surface area (Å²) < 4.78 is 40.5. The maximum Gasteiger partial charge on any atom is 0.573 e. The van der Waals surface area contributed by atoms with Gasteiger partial charge in [-0.2, -0.15) is 0 Å². The van der Waals surface area contributed by atoms with Gasteiger partial charge in [0.05, 0.1) is 0 Å². The molecule has 0 aliphatic heterocycles. The van der Waals surface area contributed by atoms with Gasteiger partial charge < -0.3 is 4.74 Å². The lowest BCUT2D eigenvalue weighted by Crippen LogP contribution is -2.25. The van der Waals surface area contributed by atoms with Gasteiger partial charge in [0, 0.05) is 2.85 Å². The number of hydrogen-bond donors (Lipinski definition) is 0. The van der Waals surface area contributed by atoms with Gasteiger partial charge in [-0.3, -0.25) is 0 Å². The predicted molar refractivity (Wildman–Crippen MR) is 102 cm³/mol. The number of hydrogen-bond acceptors (Lipinski definition) is 1. The molecule has 0 bridgehead atoms. The van der Waals surface area contributed by atoms with Crippen LogP contribution in [0.3, 0.4) is 0 Å². The molecule has 1 aromatic rings. The molecule has 2 aliphatic rings. The van der Waals surface area contributed by atoms with Crippen molar-refractivity contribution in [3.8, 4) is 5.75 Å². The molecule has 150 valence electrons. The largest absolute Gasteiger partial charge is 0.573 e. The van der Waals surface area contributed by atoms with Crippen LogP contribution in [0.25, 0.3) is 0 Å². The quantitative estimate of drug-likeness (QED) is 0.516. The predicted octanol–water partition coefficient (Wildman–Crippen LogP) is 7.64. The Labute approximate surface area is 158 Å². The third-order valence-corrected chi connectivity index (χ3v) is 6.62. The molecule has 2 saturated carbocycles. The number of alkyl halides is 3. The second-order valence-electron chi connectivity index (χ2n) is 8.53. The molecule has 0 amide bonds. The highest BCUT2D eigenvalue weighted by molar-refractivity contribution is 5.27. The highest BCUT2D eigenvalue weighted by Crippen LogP contribution is 2.42. The summed E-state index contributed by atoms with van der Waals surface area (Å²) in [7, 11) is 0. The third-order valence-electron chi connectivity index (χ3n) is 6.62. The van der Waals surface area contributed by atoms with Crippen LogP contribution >= 0.6 is 0 Å². The monoisotopic (exact) mass is 372 g/mol. The van der Waals surface area contributed by atoms with Crippen molar-refractivity contribution in [2.24, 2.45) is 23.7 Å². The number of rotatable bonds is 5. The van der Waals surface area contributed by atoms with Gasteiger partial charge in [-0.05, 0) is 79.9 Å². The lowest BCUT2D eigenvalue weighted by atomic mass is 9.69. The zero-order valence-corrected chi connectivity index (χ0v) is 15.7. The highest BCUT2D eigenvalue weighted by Gasteiger charge is 2.31. The lowest BCUT2D eigenvalue weighted by molar-refractivity contribution is -0.274. The Morgan fingerprint density at radius 1 is 0.885 bits per heavy atom. The first-order chi connectivity index (χ1) is 12.4. The van der Waals surface area contributed by atoms with Crippen LogP contribution in [-0.4, -0.2) is 6.36 Å². The van der Waals surface area contributed by atoms with Gasteiger partial charge in [0.2, 0.25) is 0 Å². The Bertz CT molecular complexity index is 546. The molecule has 2 aliphatic carbocycles. The van der Waals surface area contributed by atoms with Gasteiger partial charge in [0.25, 0.3) is 0 Å². The smallest absolute Gasteiger partial charge is 0.406 e. The zero-order valence-electron chi connectivity index (χ0n) is 15.7. The number of ether oxygens (including phenoxy) is 1. The Kier molecular flexibility index (Phi) is 6.52. The Balaban J connectivity index is 0.00000196. The molecule has 26 heavy (non-hydrogen) atoms. The standard InChI is InChI=1S/C22H31F3O.2H2/c1-16-2-10-19(11-3-16)20-12-6-17(7-13-20)4-5-18-8-14-21(15-9-18)26-22(23,24)25;;/h8-9,14-17,19-20H,2-7,10-13H2,1H3;2*1H. The Hall–Kier alpha value is -1.19. The summed E-state index contributed by atoms with van der Waals surface area (Å²) in [5.74, 6) is 3.48. The highest BCUT2D eigenvalue weighted by atomic mass is 19.4. The molecule has 1 aromatic carbocycles. The van der Waals surface area contributed by atoms with E-state index in [0.717, 1.165) is 42.1 Å². The van der Waals surface area contributed by atoms with E-state index in [9.17, 15) is 13.2 Å². The van der Waals surface area contributed by atoms with E-state index in [1.54, 1.807) is 12.1 Å². The Morgan fingerprint density at radius 2 is 1.42 bits per heavy atom. The summed E-state index contributed by atoms with van der Waals surface area (Å²) in [6.45, 7) is 2.38. The third kappa shape index (κ3) is 5.92. The van der Waals surface area contributed by atoms with Crippen LogP contribution in [0.4, 0.5) is 13.2 Å². The van der Waals surface area contributed by atoms with Crippen LogP contribution in [0.1, 0.15) is 73.1 Å². The van der Waals surface area contributed by atoms with Gasteiger partial charge in [0.1, 0.15) is 5.75 Å². The van der Waals surface area contributed by atoms with Crippen LogP contribution in [0.5, 0.6) is 5.75 Å². The molecule has 0 spiro atoms. The molecule has 2 fully saturated rings. The van der Waals surface area contributed by atoms with Crippen molar-refractivity contribution in [1.82, 2.24) is 0 Å². The molecule has 0 radical (unpaired) electrons. The molecular weight excluding hydrogens is 337 g/mol. The van der Waals surface area contributed by atoms with E-state index in [1.807, 2.05) is 0 Å². The molecule has 0 N–H and O–H groups in total. The van der Waals surface area contributed by atoms with Crippen LogP contribution < -0.4 is 4.74 Å². The average Bonchev–Trinajstić information content (AvgIpc) is 2.61. The summed E-state index contributed by atoms with van der Waals surface area (Å²) in [6.07, 6.45) is 8.58. The first-order valence-corrected chi connectivity index (χ1v) is 10.2. The van der Waals surface area contributed by atoms with E-state index in [-0.39, 0.29) is 8.60 Å². The van der Waals surface area contributed by atoms with Gasteiger partial charge in [-0.25, -0.2) is 0 Å². The Morgan fingerprint density at radius 3 is 1.96 bits per heavy atom. The fraction of sp³-hybridized carbons (Fsp3) is 0.727. The molecular formula is C22H35F3O. The minimum atomic E-state index is -4.61. The van der Waals surface area contributed by atoms with E-state index in [0.29, 0.717) is 0 Å². The second-order valence-corrected chi connectivity index (χ2v) is 8.53. The van der Waals surface area contributed by atoms with Gasteiger partial charge in [0.15, 0.2) is 0 Å². The summed E-state index contributed by atoms with van der Waals surface area (Å²) in [5, 5.41) is 0. The SMILES string of the molecule is CC1CCC(C2CCC(CCc3ccc(OC(F)(F)F)cc3)CC2)CC1.[HH].[HH]. The van der Waals surface area contributed by atoms with Gasteiger partial charge in [-0.15, -0.1) is 13.2 Å². The van der Waals surface area contributed by atoms with Crippen LogP contribution in [-0.2, 0) is 6.42 Å². The normalized spacial score (nSPS) is 30.2. The van der Waals surface area contributed by atoms with Crippen LogP contribution in [0.15, 0.2) is 24.3 Å². The number of aryl methyl sites for hydroxylation is 1. The first kappa shape index (κ1) is 19.6. The maximum atomic E-state index is 12.2. The van der Waals surface area contributed by atoms with Gasteiger partial charge >= 0.3 is 6.36 Å². The minimum absolute atomic E-state index is 0. The van der Waals surface area contributed by atoms with Crippen molar-refractivity contribution >= 4 is 0 Å². The summed E-state index contributed by atoms with van der Waals surface area (Å²) in [5.41, 5.74) is 1.10. The lowest BCUT2D eigenvalue weighted by Gasteiger charge is -2.37. The molecule has 3 rings (SSSR count). The number of benzene rings is 1. The van der Waals surface area contributed by atoms with E-state index in [1.165, 1.54) is 63.5 Å². The maximum absolute atomic E-state index is 12.2. The topological polar surface area (TPSA) is 9.23 Å². The molecule has 0 unspecified atom stereocenters. The average molecular weight is 373 g/mol. The van der Waals surface area contributed by atoms with Crippen molar-refractivity contribution in [2.75, 3.05) is 0 Å². The summed E-state index contributed by atoms with van der Waals surface area (Å²) in [6, 6.07) is 6.36. The van der Waals surface area contributed by atoms with Crippen molar-refractivity contribution in [1.29, 1.82) is 0 Å². The van der Waals surface area contributed by atoms with Crippen molar-refractivity contribution in [3.05, 3.63) is 29.8 Å². The molecule has 0 atom stereocenters. The first-order valence-electron chi connectivity index (χ1n) is 10.2. The van der Waals surface area contributed by atoms with E-state index in [4.69, 9.17) is 0 Å². The van der Waals surface area contributed by atoms with Crippen LogP contribution in [0, 0.1) is 23.7 Å². The molecule has 0 saturated heterocycles. The van der Waals surface area contributed by atoms with E-state index < -0.39 is 6.36 Å². The zero-order chi connectivity index (χ0) is 18.6. The van der Waals surface area contributed by atoms with Crippen molar-refractivity contribution < 1.29 is 20.8 Å². The minimum Gasteiger partial charge on any atom is -0.406 e. The molecule has 1 nitrogen and oxygen atoms in total. The molecule has 0 aromatic heterocycles. The van der Waals surface area contributed by atoms with E-state index in [2.05, 4.69) is 11.7 Å². The van der Waals surface area contributed by atoms with E-state index >= 15 is 0 Å². The summed E-state index contributed by atoms with van der Waals surface area (Å²) in [4.78, 5) is 0. The van der Waals surface area contributed by atoms with Gasteiger partial charge in [-0.1, -0.05) is 44.7 Å². The fourth-order valence-electron chi connectivity index (χ4n) is 4.93. The van der Waals surface area contributed by atoms with Crippen molar-refractivity contribution in [3.63, 3.8) is 0 Å². The van der Waals surface area contributed by atoms with Crippen molar-refractivity contribution in [2.45, 2.75) is 77.5 Å². The number of halogens is 3. The fourth-order valence-corrected chi connectivity index (χ4v) is 4.93. The summed E-state index contributed by atoms with van der Waals surface area (Å²) >= 11 is 0. The molecule has 4 heteroatoms. The second kappa shape index (κ2) is 8.67.